The van der Waals surface area contributed by atoms with E-state index in [2.05, 4.69) is 5.32 Å². The van der Waals surface area contributed by atoms with Crippen molar-refractivity contribution in [2.24, 2.45) is 0 Å². The Morgan fingerprint density at radius 2 is 1.83 bits per heavy atom. The molecular formula is C23H13Cl2F3N2O4S. The van der Waals surface area contributed by atoms with Crippen molar-refractivity contribution >= 4 is 63.8 Å². The van der Waals surface area contributed by atoms with Crippen LogP contribution < -0.4 is 5.32 Å². The number of anilines is 1. The number of benzene rings is 2. The molecule has 0 aliphatic carbocycles. The number of imide groups is 1. The number of nitrogens with zero attached hydrogens (tertiary/aromatic N) is 1. The van der Waals surface area contributed by atoms with Gasteiger partial charge in [0.1, 0.15) is 18.1 Å². The number of hydrogen-bond donors (Lipinski definition) is 1. The molecule has 1 aliphatic heterocycles. The van der Waals surface area contributed by atoms with Gasteiger partial charge >= 0.3 is 6.18 Å². The quantitative estimate of drug-likeness (QED) is 0.354. The van der Waals surface area contributed by atoms with Crippen LogP contribution in [-0.2, 0) is 15.8 Å². The first kappa shape index (κ1) is 24.9. The van der Waals surface area contributed by atoms with E-state index in [1.807, 2.05) is 0 Å². The Hall–Kier alpha value is -3.21. The molecule has 1 saturated heterocycles. The second-order valence-electron chi connectivity index (χ2n) is 7.23. The molecule has 0 radical (unpaired) electrons. The minimum atomic E-state index is -4.58. The first-order chi connectivity index (χ1) is 16.5. The van der Waals surface area contributed by atoms with Crippen LogP contribution in [0.5, 0.6) is 0 Å². The lowest BCUT2D eigenvalue weighted by atomic mass is 10.2. The molecule has 0 atom stereocenters. The second-order valence-corrected chi connectivity index (χ2v) is 9.03. The van der Waals surface area contributed by atoms with Gasteiger partial charge in [-0.05, 0) is 60.3 Å². The van der Waals surface area contributed by atoms with Gasteiger partial charge in [0.2, 0.25) is 5.91 Å². The first-order valence-electron chi connectivity index (χ1n) is 9.79. The average Bonchev–Trinajstić information content (AvgIpc) is 3.36. The Balaban J connectivity index is 1.44. The third-order valence-corrected chi connectivity index (χ3v) is 6.40. The van der Waals surface area contributed by atoms with Crippen molar-refractivity contribution in [2.45, 2.75) is 6.18 Å². The lowest BCUT2D eigenvalue weighted by molar-refractivity contribution is -0.137. The van der Waals surface area contributed by atoms with Gasteiger partial charge in [-0.2, -0.15) is 13.2 Å². The summed E-state index contributed by atoms with van der Waals surface area (Å²) in [6, 6.07) is 12.2. The fraction of sp³-hybridized carbons (Fsp3) is 0.0870. The summed E-state index contributed by atoms with van der Waals surface area (Å²) in [6.07, 6.45) is -3.22. The first-order valence-corrected chi connectivity index (χ1v) is 11.4. The number of amides is 3. The minimum Gasteiger partial charge on any atom is -0.457 e. The Bertz CT molecular complexity index is 1370. The van der Waals surface area contributed by atoms with Crippen LogP contribution in [0.3, 0.4) is 0 Å². The molecule has 35 heavy (non-hydrogen) atoms. The molecule has 4 rings (SSSR count). The van der Waals surface area contributed by atoms with E-state index in [1.165, 1.54) is 12.1 Å². The smallest absolute Gasteiger partial charge is 0.416 e. The van der Waals surface area contributed by atoms with Crippen LogP contribution in [0.2, 0.25) is 10.0 Å². The van der Waals surface area contributed by atoms with Gasteiger partial charge in [0.15, 0.2) is 0 Å². The van der Waals surface area contributed by atoms with Gasteiger partial charge in [-0.25, -0.2) is 0 Å². The molecule has 3 aromatic rings. The van der Waals surface area contributed by atoms with Crippen LogP contribution >= 0.6 is 35.0 Å². The van der Waals surface area contributed by atoms with E-state index in [1.54, 1.807) is 30.3 Å². The van der Waals surface area contributed by atoms with Crippen molar-refractivity contribution in [3.63, 3.8) is 0 Å². The van der Waals surface area contributed by atoms with Gasteiger partial charge in [-0.15, -0.1) is 0 Å². The number of halogens is 5. The standard InChI is InChI=1S/C23H13Cl2F3N2O4S/c24-16-6-4-12(8-17(16)25)18-7-5-15(34-18)10-19-21(32)30(22(33)35-19)11-20(31)29-14-3-1-2-13(9-14)23(26,27)28/h1-10H,11H2,(H,29,31). The fourth-order valence-electron chi connectivity index (χ4n) is 3.12. The molecule has 1 aliphatic rings. The van der Waals surface area contributed by atoms with Crippen LogP contribution in [0.25, 0.3) is 17.4 Å². The van der Waals surface area contributed by atoms with E-state index in [-0.39, 0.29) is 16.4 Å². The van der Waals surface area contributed by atoms with Gasteiger partial charge < -0.3 is 9.73 Å². The molecule has 0 saturated carbocycles. The molecule has 12 heteroatoms. The van der Waals surface area contributed by atoms with Gasteiger partial charge in [0.25, 0.3) is 11.1 Å². The van der Waals surface area contributed by atoms with Gasteiger partial charge in [-0.3, -0.25) is 19.3 Å². The molecule has 1 aromatic heterocycles. The summed E-state index contributed by atoms with van der Waals surface area (Å²) in [4.78, 5) is 38.0. The summed E-state index contributed by atoms with van der Waals surface area (Å²) < 4.78 is 44.3. The number of nitrogens with one attached hydrogen (secondary N) is 1. The highest BCUT2D eigenvalue weighted by Gasteiger charge is 2.37. The molecule has 6 nitrogen and oxygen atoms in total. The molecular weight excluding hydrogens is 528 g/mol. The van der Waals surface area contributed by atoms with E-state index in [9.17, 15) is 27.6 Å². The molecule has 1 fully saturated rings. The molecule has 0 unspecified atom stereocenters. The van der Waals surface area contributed by atoms with Crippen LogP contribution in [-0.4, -0.2) is 28.5 Å². The van der Waals surface area contributed by atoms with Crippen molar-refractivity contribution in [3.05, 3.63) is 80.9 Å². The molecule has 0 spiro atoms. The monoisotopic (exact) mass is 540 g/mol. The fourth-order valence-corrected chi connectivity index (χ4v) is 4.23. The maximum atomic E-state index is 12.9. The van der Waals surface area contributed by atoms with Crippen LogP contribution in [0.1, 0.15) is 11.3 Å². The normalized spacial score (nSPS) is 15.2. The maximum absolute atomic E-state index is 12.9. The predicted octanol–water partition coefficient (Wildman–Crippen LogP) is 6.95. The molecule has 3 amide bonds. The molecule has 1 N–H and O–H groups in total. The Morgan fingerprint density at radius 3 is 2.54 bits per heavy atom. The number of rotatable bonds is 5. The number of carbonyl (C=O) groups is 3. The number of hydrogen-bond acceptors (Lipinski definition) is 5. The van der Waals surface area contributed by atoms with Gasteiger partial charge in [0.05, 0.1) is 20.5 Å². The predicted molar refractivity (Wildman–Crippen MR) is 127 cm³/mol. The second kappa shape index (κ2) is 9.80. The third kappa shape index (κ3) is 5.72. The number of thioether (sulfide) groups is 1. The highest BCUT2D eigenvalue weighted by molar-refractivity contribution is 8.18. The van der Waals surface area contributed by atoms with E-state index in [4.69, 9.17) is 27.6 Å². The minimum absolute atomic E-state index is 0.0249. The Labute approximate surface area is 210 Å². The summed E-state index contributed by atoms with van der Waals surface area (Å²) in [6.45, 7) is -0.662. The Kier molecular flexibility index (Phi) is 6.98. The van der Waals surface area contributed by atoms with E-state index in [0.717, 1.165) is 18.2 Å². The molecule has 180 valence electrons. The largest absolute Gasteiger partial charge is 0.457 e. The summed E-state index contributed by atoms with van der Waals surface area (Å²) in [5.74, 6) is -0.820. The zero-order chi connectivity index (χ0) is 25.3. The SMILES string of the molecule is O=C(CN1C(=O)SC(=Cc2ccc(-c3ccc(Cl)c(Cl)c3)o2)C1=O)Nc1cccc(C(F)(F)F)c1. The summed E-state index contributed by atoms with van der Waals surface area (Å²) in [5.41, 5.74) is -0.403. The van der Waals surface area contributed by atoms with Gasteiger partial charge in [0, 0.05) is 17.3 Å². The average molecular weight is 541 g/mol. The van der Waals surface area contributed by atoms with Gasteiger partial charge in [-0.1, -0.05) is 29.3 Å². The van der Waals surface area contributed by atoms with Crippen molar-refractivity contribution < 1.29 is 32.0 Å². The lowest BCUT2D eigenvalue weighted by Gasteiger charge is -2.13. The molecule has 2 aromatic carbocycles. The third-order valence-electron chi connectivity index (χ3n) is 4.75. The topological polar surface area (TPSA) is 79.6 Å². The van der Waals surface area contributed by atoms with Crippen LogP contribution in [0.15, 0.2) is 63.9 Å². The van der Waals surface area contributed by atoms with Crippen molar-refractivity contribution in [2.75, 3.05) is 11.9 Å². The number of furan rings is 1. The zero-order valence-corrected chi connectivity index (χ0v) is 19.7. The zero-order valence-electron chi connectivity index (χ0n) is 17.4. The lowest BCUT2D eigenvalue weighted by Crippen LogP contribution is -2.36. The van der Waals surface area contributed by atoms with Crippen molar-refractivity contribution in [1.29, 1.82) is 0 Å². The maximum Gasteiger partial charge on any atom is 0.416 e. The van der Waals surface area contributed by atoms with Crippen LogP contribution in [0.4, 0.5) is 23.7 Å². The van der Waals surface area contributed by atoms with Crippen molar-refractivity contribution in [1.82, 2.24) is 4.90 Å². The van der Waals surface area contributed by atoms with E-state index >= 15 is 0 Å². The van der Waals surface area contributed by atoms with E-state index < -0.39 is 35.3 Å². The van der Waals surface area contributed by atoms with E-state index in [0.29, 0.717) is 38.0 Å². The highest BCUT2D eigenvalue weighted by atomic mass is 35.5. The number of alkyl halides is 3. The summed E-state index contributed by atoms with van der Waals surface area (Å²) in [7, 11) is 0. The van der Waals surface area contributed by atoms with Crippen LogP contribution in [0, 0.1) is 0 Å². The summed E-state index contributed by atoms with van der Waals surface area (Å²) >= 11 is 12.5. The number of carbonyl (C=O) groups excluding carboxylic acids is 3. The van der Waals surface area contributed by atoms with Crippen molar-refractivity contribution in [3.8, 4) is 11.3 Å². The Morgan fingerprint density at radius 1 is 1.06 bits per heavy atom. The summed E-state index contributed by atoms with van der Waals surface area (Å²) in [5, 5.41) is 2.29. The molecule has 0 bridgehead atoms. The highest BCUT2D eigenvalue weighted by Crippen LogP contribution is 2.35. The molecule has 2 heterocycles.